The second-order valence-electron chi connectivity index (χ2n) is 2.36. The highest BCUT2D eigenvalue weighted by Gasteiger charge is 2.01. The van der Waals surface area contributed by atoms with Gasteiger partial charge in [-0.1, -0.05) is 6.07 Å². The number of hydrogen-bond acceptors (Lipinski definition) is 2. The number of thiol groups is 1. The van der Waals surface area contributed by atoms with Crippen molar-refractivity contribution in [2.75, 3.05) is 0 Å². The molecule has 0 aliphatic rings. The Morgan fingerprint density at radius 1 is 1.58 bits per heavy atom. The second kappa shape index (κ2) is 3.96. The van der Waals surface area contributed by atoms with Crippen molar-refractivity contribution in [1.29, 1.82) is 0 Å². The summed E-state index contributed by atoms with van der Waals surface area (Å²) in [4.78, 5) is 11.1. The fraction of sp³-hybridized carbons (Fsp3) is 0.125. The molecule has 0 aliphatic heterocycles. The predicted molar refractivity (Wildman–Crippen MR) is 52.7 cm³/mol. The maximum Gasteiger partial charge on any atom is 0.307 e. The number of hydrogen-bond donors (Lipinski definition) is 2. The minimum absolute atomic E-state index is 0.0483. The Balaban J connectivity index is 2.89. The zero-order valence-electron chi connectivity index (χ0n) is 6.12. The van der Waals surface area contributed by atoms with Gasteiger partial charge >= 0.3 is 5.97 Å². The highest BCUT2D eigenvalue weighted by molar-refractivity contribution is 9.10. The van der Waals surface area contributed by atoms with Gasteiger partial charge in [-0.2, -0.15) is 0 Å². The first-order valence-corrected chi connectivity index (χ1v) is 4.53. The summed E-state index contributed by atoms with van der Waals surface area (Å²) in [7, 11) is 0. The Hall–Kier alpha value is -0.480. The zero-order chi connectivity index (χ0) is 9.14. The van der Waals surface area contributed by atoms with E-state index in [1.54, 1.807) is 18.2 Å². The molecular weight excluding hydrogens is 240 g/mol. The van der Waals surface area contributed by atoms with Gasteiger partial charge < -0.3 is 5.11 Å². The lowest BCUT2D eigenvalue weighted by Gasteiger charge is -1.99. The van der Waals surface area contributed by atoms with Gasteiger partial charge in [-0.15, -0.1) is 12.6 Å². The molecule has 0 aliphatic carbocycles. The van der Waals surface area contributed by atoms with Crippen LogP contribution in [-0.2, 0) is 11.2 Å². The lowest BCUT2D eigenvalue weighted by atomic mass is 10.2. The van der Waals surface area contributed by atoms with Gasteiger partial charge in [-0.25, -0.2) is 0 Å². The first kappa shape index (κ1) is 9.61. The van der Waals surface area contributed by atoms with Crippen LogP contribution in [0.1, 0.15) is 5.56 Å². The fourth-order valence-corrected chi connectivity index (χ4v) is 1.40. The minimum atomic E-state index is -0.825. The van der Waals surface area contributed by atoms with Crippen molar-refractivity contribution in [2.45, 2.75) is 11.3 Å². The Bertz CT molecular complexity index is 312. The Morgan fingerprint density at radius 2 is 2.25 bits per heavy atom. The van der Waals surface area contributed by atoms with Crippen LogP contribution in [0.15, 0.2) is 27.6 Å². The molecule has 1 N–H and O–H groups in total. The number of halogens is 1. The third kappa shape index (κ3) is 2.53. The summed E-state index contributed by atoms with van der Waals surface area (Å²) < 4.78 is 0.824. The largest absolute Gasteiger partial charge is 0.481 e. The van der Waals surface area contributed by atoms with E-state index in [0.29, 0.717) is 0 Å². The molecule has 0 saturated carbocycles. The number of benzene rings is 1. The molecule has 0 bridgehead atoms. The molecule has 1 aromatic carbocycles. The van der Waals surface area contributed by atoms with E-state index >= 15 is 0 Å². The van der Waals surface area contributed by atoms with Crippen molar-refractivity contribution in [3.8, 4) is 0 Å². The minimum Gasteiger partial charge on any atom is -0.481 e. The van der Waals surface area contributed by atoms with Crippen molar-refractivity contribution in [1.82, 2.24) is 0 Å². The van der Waals surface area contributed by atoms with Crippen LogP contribution in [-0.4, -0.2) is 11.1 Å². The number of carboxylic acid groups (broad SMARTS) is 1. The average Bonchev–Trinajstić information content (AvgIpc) is 1.96. The van der Waals surface area contributed by atoms with Crippen molar-refractivity contribution >= 4 is 34.5 Å². The molecule has 1 aromatic rings. The van der Waals surface area contributed by atoms with E-state index in [-0.39, 0.29) is 6.42 Å². The van der Waals surface area contributed by atoms with Crippen LogP contribution in [0.25, 0.3) is 0 Å². The third-order valence-electron chi connectivity index (χ3n) is 1.37. The second-order valence-corrected chi connectivity index (χ2v) is 3.69. The lowest BCUT2D eigenvalue weighted by molar-refractivity contribution is -0.136. The van der Waals surface area contributed by atoms with Gasteiger partial charge in [0.25, 0.3) is 0 Å². The van der Waals surface area contributed by atoms with Crippen LogP contribution in [0.5, 0.6) is 0 Å². The quantitative estimate of drug-likeness (QED) is 0.787. The van der Waals surface area contributed by atoms with E-state index < -0.39 is 5.97 Å². The van der Waals surface area contributed by atoms with Crippen LogP contribution in [0, 0.1) is 0 Å². The molecule has 12 heavy (non-hydrogen) atoms. The van der Waals surface area contributed by atoms with E-state index in [2.05, 4.69) is 28.6 Å². The van der Waals surface area contributed by atoms with Gasteiger partial charge in [-0.05, 0) is 33.6 Å². The molecule has 1 rings (SSSR count). The third-order valence-corrected chi connectivity index (χ3v) is 2.72. The van der Waals surface area contributed by atoms with E-state index in [1.807, 2.05) is 0 Å². The molecule has 0 amide bonds. The fourth-order valence-electron chi connectivity index (χ4n) is 0.835. The van der Waals surface area contributed by atoms with Crippen molar-refractivity contribution in [2.24, 2.45) is 0 Å². The summed E-state index contributed by atoms with van der Waals surface area (Å²) in [5.74, 6) is -0.825. The molecule has 64 valence electrons. The number of aliphatic carboxylic acids is 1. The number of carbonyl (C=O) groups is 1. The molecule has 0 heterocycles. The molecule has 0 spiro atoms. The molecule has 0 aromatic heterocycles. The van der Waals surface area contributed by atoms with Gasteiger partial charge in [0.2, 0.25) is 0 Å². The molecule has 0 saturated heterocycles. The first-order chi connectivity index (χ1) is 5.59. The topological polar surface area (TPSA) is 37.3 Å². The van der Waals surface area contributed by atoms with Crippen molar-refractivity contribution in [3.05, 3.63) is 28.2 Å². The molecule has 0 radical (unpaired) electrons. The maximum absolute atomic E-state index is 10.3. The van der Waals surface area contributed by atoms with E-state index in [1.165, 1.54) is 0 Å². The molecule has 2 nitrogen and oxygen atoms in total. The van der Waals surface area contributed by atoms with Crippen LogP contribution < -0.4 is 0 Å². The van der Waals surface area contributed by atoms with E-state index in [0.717, 1.165) is 14.9 Å². The monoisotopic (exact) mass is 246 g/mol. The predicted octanol–water partition coefficient (Wildman–Crippen LogP) is 2.36. The number of rotatable bonds is 2. The van der Waals surface area contributed by atoms with Crippen LogP contribution in [0.4, 0.5) is 0 Å². The summed E-state index contributed by atoms with van der Waals surface area (Å²) in [6.07, 6.45) is 0.0483. The average molecular weight is 247 g/mol. The first-order valence-electron chi connectivity index (χ1n) is 3.29. The van der Waals surface area contributed by atoms with Gasteiger partial charge in [0, 0.05) is 9.37 Å². The normalized spacial score (nSPS) is 9.83. The number of carboxylic acids is 1. The highest BCUT2D eigenvalue weighted by atomic mass is 79.9. The maximum atomic E-state index is 10.3. The summed E-state index contributed by atoms with van der Waals surface area (Å²) >= 11 is 7.41. The molecule has 0 fully saturated rings. The molecule has 0 atom stereocenters. The summed E-state index contributed by atoms with van der Waals surface area (Å²) in [6.45, 7) is 0. The van der Waals surface area contributed by atoms with Crippen molar-refractivity contribution in [3.63, 3.8) is 0 Å². The molecular formula is C8H7BrO2S. The summed E-state index contributed by atoms with van der Waals surface area (Å²) in [5, 5.41) is 8.49. The van der Waals surface area contributed by atoms with Crippen LogP contribution >= 0.6 is 28.6 Å². The highest BCUT2D eigenvalue weighted by Crippen LogP contribution is 2.21. The summed E-state index contributed by atoms with van der Waals surface area (Å²) in [6, 6.07) is 5.28. The van der Waals surface area contributed by atoms with Gasteiger partial charge in [0.1, 0.15) is 0 Å². The van der Waals surface area contributed by atoms with Gasteiger partial charge in [0.05, 0.1) is 6.42 Å². The van der Waals surface area contributed by atoms with Gasteiger partial charge in [-0.3, -0.25) is 4.79 Å². The Morgan fingerprint density at radius 3 is 2.75 bits per heavy atom. The van der Waals surface area contributed by atoms with E-state index in [9.17, 15) is 4.79 Å². The van der Waals surface area contributed by atoms with E-state index in [4.69, 9.17) is 5.11 Å². The smallest absolute Gasteiger partial charge is 0.307 e. The zero-order valence-corrected chi connectivity index (χ0v) is 8.60. The lowest BCUT2D eigenvalue weighted by Crippen LogP contribution is -1.99. The molecule has 4 heteroatoms. The van der Waals surface area contributed by atoms with Gasteiger partial charge in [0.15, 0.2) is 0 Å². The summed E-state index contributed by atoms with van der Waals surface area (Å²) in [5.41, 5.74) is 0.771. The SMILES string of the molecule is O=C(O)Cc1ccc(S)c(Br)c1. The standard InChI is InChI=1S/C8H7BrO2S/c9-6-3-5(4-8(10)11)1-2-7(6)12/h1-3,12H,4H2,(H,10,11). The van der Waals surface area contributed by atoms with Crippen LogP contribution in [0.2, 0.25) is 0 Å². The van der Waals surface area contributed by atoms with Crippen LogP contribution in [0.3, 0.4) is 0 Å². The Kier molecular flexibility index (Phi) is 3.17. The molecule has 0 unspecified atom stereocenters. The van der Waals surface area contributed by atoms with Crippen molar-refractivity contribution < 1.29 is 9.90 Å². The Labute approximate surface area is 84.1 Å².